The van der Waals surface area contributed by atoms with E-state index in [0.717, 1.165) is 24.3 Å². The van der Waals surface area contributed by atoms with Gasteiger partial charge in [-0.15, -0.1) is 0 Å². The van der Waals surface area contributed by atoms with Crippen LogP contribution in [0.15, 0.2) is 22.8 Å². The first-order chi connectivity index (χ1) is 14.8. The Labute approximate surface area is 181 Å². The third kappa shape index (κ3) is 4.83. The van der Waals surface area contributed by atoms with Gasteiger partial charge in [0.15, 0.2) is 11.7 Å². The van der Waals surface area contributed by atoms with Crippen LogP contribution >= 0.6 is 11.6 Å². The molecule has 0 bridgehead atoms. The lowest BCUT2D eigenvalue weighted by molar-refractivity contribution is -0.174. The van der Waals surface area contributed by atoms with E-state index >= 15 is 0 Å². The minimum atomic E-state index is -4.57. The predicted octanol–water partition coefficient (Wildman–Crippen LogP) is 3.24. The summed E-state index contributed by atoms with van der Waals surface area (Å²) in [7, 11) is 0. The fourth-order valence-electron chi connectivity index (χ4n) is 3.82. The summed E-state index contributed by atoms with van der Waals surface area (Å²) in [4.78, 5) is 14.8. The highest BCUT2D eigenvalue weighted by Crippen LogP contribution is 2.46. The lowest BCUT2D eigenvalue weighted by atomic mass is 10.0. The quantitative estimate of drug-likeness (QED) is 0.642. The second kappa shape index (κ2) is 9.09. The Bertz CT molecular complexity index is 896. The maximum Gasteiger partial charge on any atom is 0.410 e. The van der Waals surface area contributed by atoms with Gasteiger partial charge < -0.3 is 19.8 Å². The van der Waals surface area contributed by atoms with Crippen LogP contribution in [0.2, 0.25) is 5.02 Å². The Kier molecular flexibility index (Phi) is 6.44. The normalized spacial score (nSPS) is 22.1. The monoisotopic (exact) mass is 461 g/mol. The number of nitrogens with zero attached hydrogens (tertiary/aromatic N) is 3. The zero-order valence-electron chi connectivity index (χ0n) is 16.6. The number of hydrogen-bond donors (Lipinski definition) is 2. The molecular weight excluding hydrogens is 439 g/mol. The molecule has 12 heteroatoms. The molecule has 2 N–H and O–H groups in total. The first kappa shape index (κ1) is 22.0. The molecule has 4 heterocycles. The van der Waals surface area contributed by atoms with Crippen molar-refractivity contribution < 1.29 is 27.1 Å². The molecule has 1 saturated heterocycles. The molecule has 31 heavy (non-hydrogen) atoms. The third-order valence-corrected chi connectivity index (χ3v) is 5.80. The number of morpholine rings is 1. The Balaban J connectivity index is 1.45. The Morgan fingerprint density at radius 1 is 1.35 bits per heavy atom. The van der Waals surface area contributed by atoms with Gasteiger partial charge >= 0.3 is 6.18 Å². The van der Waals surface area contributed by atoms with Crippen molar-refractivity contribution >= 4 is 23.3 Å². The average molecular weight is 462 g/mol. The van der Waals surface area contributed by atoms with Crippen LogP contribution in [0.5, 0.6) is 0 Å². The maximum absolute atomic E-state index is 13.7. The van der Waals surface area contributed by atoms with Gasteiger partial charge in [-0.1, -0.05) is 11.6 Å². The lowest BCUT2D eigenvalue weighted by Gasteiger charge is -2.32. The van der Waals surface area contributed by atoms with Crippen molar-refractivity contribution in [1.82, 2.24) is 20.0 Å². The van der Waals surface area contributed by atoms with E-state index < -0.39 is 24.2 Å². The number of anilines is 1. The highest BCUT2D eigenvalue weighted by Gasteiger charge is 2.48. The smallest absolute Gasteiger partial charge is 0.410 e. The van der Waals surface area contributed by atoms with Crippen molar-refractivity contribution in [3.05, 3.63) is 34.9 Å². The number of nitrogens with one attached hydrogen (secondary N) is 2. The van der Waals surface area contributed by atoms with Crippen LogP contribution in [-0.2, 0) is 4.74 Å². The van der Waals surface area contributed by atoms with Gasteiger partial charge in [-0.2, -0.15) is 18.3 Å². The minimum Gasteiger partial charge on any atom is -0.467 e. The molecule has 0 spiro atoms. The number of furan rings is 1. The Morgan fingerprint density at radius 3 is 2.81 bits per heavy atom. The highest BCUT2D eigenvalue weighted by molar-refractivity contribution is 6.36. The zero-order chi connectivity index (χ0) is 22.0. The largest absolute Gasteiger partial charge is 0.467 e. The van der Waals surface area contributed by atoms with Crippen LogP contribution in [-0.4, -0.2) is 66.2 Å². The molecule has 2 atom stereocenters. The number of halogens is 4. The van der Waals surface area contributed by atoms with Crippen molar-refractivity contribution in [3.63, 3.8) is 0 Å². The molecule has 2 aromatic heterocycles. The standard InChI is InChI=1S/C19H23ClF3N5O3/c20-15-16(18(29)24-4-2-5-27-6-9-30-10-7-27)26-28-14(19(21,22)23)11-12(25-17(15)28)13-3-1-8-31-13/h1,3,8,12,14,25H,2,4-7,9-11H2,(H,24,29). The first-order valence-electron chi connectivity index (χ1n) is 10.1. The van der Waals surface area contributed by atoms with Gasteiger partial charge in [0.05, 0.1) is 25.5 Å². The van der Waals surface area contributed by atoms with E-state index in [2.05, 4.69) is 20.6 Å². The molecule has 0 aromatic carbocycles. The van der Waals surface area contributed by atoms with E-state index in [1.807, 2.05) is 0 Å². The van der Waals surface area contributed by atoms with Gasteiger partial charge in [-0.05, 0) is 25.1 Å². The first-order valence-corrected chi connectivity index (χ1v) is 10.5. The van der Waals surface area contributed by atoms with Crippen LogP contribution in [0.1, 0.15) is 41.2 Å². The van der Waals surface area contributed by atoms with Gasteiger partial charge in [0.25, 0.3) is 5.91 Å². The molecule has 170 valence electrons. The van der Waals surface area contributed by atoms with Crippen molar-refractivity contribution in [1.29, 1.82) is 0 Å². The molecule has 1 amide bonds. The van der Waals surface area contributed by atoms with Crippen LogP contribution < -0.4 is 10.6 Å². The van der Waals surface area contributed by atoms with E-state index in [1.54, 1.807) is 12.1 Å². The number of ether oxygens (including phenoxy) is 1. The number of fused-ring (bicyclic) bond motifs is 1. The van der Waals surface area contributed by atoms with Gasteiger partial charge in [0.1, 0.15) is 16.6 Å². The molecule has 4 rings (SSSR count). The summed E-state index contributed by atoms with van der Waals surface area (Å²) >= 11 is 6.29. The van der Waals surface area contributed by atoms with Gasteiger partial charge in [0, 0.05) is 26.1 Å². The number of carbonyl (C=O) groups excluding carboxylic acids is 1. The molecule has 2 aliphatic rings. The summed E-state index contributed by atoms with van der Waals surface area (Å²) in [6.45, 7) is 4.21. The van der Waals surface area contributed by atoms with E-state index in [9.17, 15) is 18.0 Å². The molecular formula is C19H23ClF3N5O3. The summed E-state index contributed by atoms with van der Waals surface area (Å²) in [5, 5.41) is 9.40. The zero-order valence-corrected chi connectivity index (χ0v) is 17.4. The number of hydrogen-bond acceptors (Lipinski definition) is 6. The fourth-order valence-corrected chi connectivity index (χ4v) is 4.09. The average Bonchev–Trinajstić information content (AvgIpc) is 3.39. The number of carbonyl (C=O) groups is 1. The topological polar surface area (TPSA) is 84.6 Å². The predicted molar refractivity (Wildman–Crippen MR) is 106 cm³/mol. The van der Waals surface area contributed by atoms with E-state index in [4.69, 9.17) is 20.8 Å². The number of rotatable bonds is 6. The number of aromatic nitrogens is 2. The van der Waals surface area contributed by atoms with Crippen molar-refractivity contribution in [3.8, 4) is 0 Å². The second-order valence-electron chi connectivity index (χ2n) is 7.52. The summed E-state index contributed by atoms with van der Waals surface area (Å²) in [6, 6.07) is 0.516. The SMILES string of the molecule is O=C(NCCCN1CCOCC1)c1nn2c(c1Cl)NC(c1ccco1)CC2C(F)(F)F. The Hall–Kier alpha value is -2.24. The minimum absolute atomic E-state index is 0.0462. The van der Waals surface area contributed by atoms with Crippen LogP contribution in [0.3, 0.4) is 0 Å². The summed E-state index contributed by atoms with van der Waals surface area (Å²) < 4.78 is 52.5. The summed E-state index contributed by atoms with van der Waals surface area (Å²) in [5.74, 6) is -0.298. The number of amides is 1. The summed E-state index contributed by atoms with van der Waals surface area (Å²) in [5.41, 5.74) is -0.232. The molecule has 2 aromatic rings. The van der Waals surface area contributed by atoms with E-state index in [0.29, 0.717) is 31.9 Å². The van der Waals surface area contributed by atoms with Crippen LogP contribution in [0, 0.1) is 0 Å². The summed E-state index contributed by atoms with van der Waals surface area (Å²) in [6.07, 6.45) is -2.81. The maximum atomic E-state index is 13.7. The van der Waals surface area contributed by atoms with Crippen LogP contribution in [0.4, 0.5) is 19.0 Å². The van der Waals surface area contributed by atoms with Crippen LogP contribution in [0.25, 0.3) is 0 Å². The van der Waals surface area contributed by atoms with Gasteiger partial charge in [0.2, 0.25) is 0 Å². The molecule has 0 saturated carbocycles. The fraction of sp³-hybridized carbons (Fsp3) is 0.579. The molecule has 1 fully saturated rings. The van der Waals surface area contributed by atoms with Gasteiger partial charge in [-0.3, -0.25) is 9.69 Å². The Morgan fingerprint density at radius 2 is 2.13 bits per heavy atom. The number of alkyl halides is 3. The van der Waals surface area contributed by atoms with E-state index in [1.165, 1.54) is 6.26 Å². The van der Waals surface area contributed by atoms with Crippen molar-refractivity contribution in [2.45, 2.75) is 31.1 Å². The molecule has 8 nitrogen and oxygen atoms in total. The molecule has 0 aliphatic carbocycles. The highest BCUT2D eigenvalue weighted by atomic mass is 35.5. The van der Waals surface area contributed by atoms with Crippen molar-refractivity contribution in [2.75, 3.05) is 44.7 Å². The van der Waals surface area contributed by atoms with Crippen molar-refractivity contribution in [2.24, 2.45) is 0 Å². The molecule has 2 unspecified atom stereocenters. The van der Waals surface area contributed by atoms with Gasteiger partial charge in [-0.25, -0.2) is 4.68 Å². The van der Waals surface area contributed by atoms with E-state index in [-0.39, 0.29) is 23.0 Å². The molecule has 0 radical (unpaired) electrons. The molecule has 2 aliphatic heterocycles. The second-order valence-corrected chi connectivity index (χ2v) is 7.90. The third-order valence-electron chi connectivity index (χ3n) is 5.44. The lowest BCUT2D eigenvalue weighted by Crippen LogP contribution is -2.38.